The lowest BCUT2D eigenvalue weighted by Gasteiger charge is -2.15. The van der Waals surface area contributed by atoms with Crippen LogP contribution in [0.15, 0.2) is 24.3 Å². The van der Waals surface area contributed by atoms with E-state index in [2.05, 4.69) is 16.4 Å². The predicted molar refractivity (Wildman–Crippen MR) is 93.8 cm³/mol. The third-order valence-electron chi connectivity index (χ3n) is 4.72. The van der Waals surface area contributed by atoms with Crippen molar-refractivity contribution in [1.82, 2.24) is 15.2 Å². The van der Waals surface area contributed by atoms with Crippen LogP contribution in [0.1, 0.15) is 30.7 Å². The Bertz CT molecular complexity index is 735. The van der Waals surface area contributed by atoms with Crippen LogP contribution in [-0.4, -0.2) is 40.8 Å². The lowest BCUT2D eigenvalue weighted by Crippen LogP contribution is -2.34. The molecule has 1 aliphatic heterocycles. The molecule has 2 amide bonds. The van der Waals surface area contributed by atoms with Crippen LogP contribution >= 0.6 is 11.3 Å². The summed E-state index contributed by atoms with van der Waals surface area (Å²) in [5, 5.41) is 4.10. The second-order valence-electron chi connectivity index (χ2n) is 6.65. The van der Waals surface area contributed by atoms with E-state index in [0.29, 0.717) is 25.6 Å². The van der Waals surface area contributed by atoms with E-state index in [1.165, 1.54) is 4.70 Å². The van der Waals surface area contributed by atoms with Crippen LogP contribution in [0.3, 0.4) is 0 Å². The summed E-state index contributed by atoms with van der Waals surface area (Å²) in [6, 6.07) is 8.55. The Labute approximate surface area is 145 Å². The van der Waals surface area contributed by atoms with E-state index in [1.54, 1.807) is 11.3 Å². The number of para-hydroxylation sites is 1. The van der Waals surface area contributed by atoms with Gasteiger partial charge in [-0.05, 0) is 31.4 Å². The van der Waals surface area contributed by atoms with Crippen molar-refractivity contribution in [3.8, 4) is 0 Å². The second-order valence-corrected chi connectivity index (χ2v) is 7.76. The molecule has 1 atom stereocenters. The topological polar surface area (TPSA) is 62.3 Å². The minimum atomic E-state index is -0.166. The summed E-state index contributed by atoms with van der Waals surface area (Å²) in [5.41, 5.74) is 1.05. The molecular weight excluding hydrogens is 322 g/mol. The first kappa shape index (κ1) is 15.6. The van der Waals surface area contributed by atoms with Crippen molar-refractivity contribution in [2.45, 2.75) is 38.1 Å². The lowest BCUT2D eigenvalue weighted by atomic mass is 10.1. The number of carbonyl (C=O) groups excluding carboxylic acids is 2. The van der Waals surface area contributed by atoms with E-state index in [0.717, 1.165) is 36.2 Å². The number of hydrogen-bond acceptors (Lipinski definition) is 4. The van der Waals surface area contributed by atoms with Crippen molar-refractivity contribution in [3.63, 3.8) is 0 Å². The van der Waals surface area contributed by atoms with Crippen LogP contribution in [0.25, 0.3) is 10.2 Å². The fourth-order valence-electron chi connectivity index (χ4n) is 3.27. The van der Waals surface area contributed by atoms with Gasteiger partial charge in [0.15, 0.2) is 0 Å². The summed E-state index contributed by atoms with van der Waals surface area (Å²) in [5.74, 6) is 0.00322. The number of benzene rings is 1. The van der Waals surface area contributed by atoms with Crippen LogP contribution in [0.4, 0.5) is 0 Å². The van der Waals surface area contributed by atoms with Crippen molar-refractivity contribution in [3.05, 3.63) is 29.3 Å². The summed E-state index contributed by atoms with van der Waals surface area (Å²) < 4.78 is 1.21. The number of fused-ring (bicyclic) bond motifs is 1. The molecular formula is C18H21N3O2S. The third kappa shape index (κ3) is 3.29. The van der Waals surface area contributed by atoms with Crippen molar-refractivity contribution in [2.24, 2.45) is 5.92 Å². The maximum atomic E-state index is 12.2. The lowest BCUT2D eigenvalue weighted by molar-refractivity contribution is -0.129. The molecule has 1 saturated heterocycles. The first-order valence-corrected chi connectivity index (χ1v) is 9.44. The summed E-state index contributed by atoms with van der Waals surface area (Å²) >= 11 is 1.72. The normalized spacial score (nSPS) is 20.8. The van der Waals surface area contributed by atoms with Crippen LogP contribution in [0.2, 0.25) is 0 Å². The second kappa shape index (κ2) is 6.51. The van der Waals surface area contributed by atoms with Gasteiger partial charge in [-0.2, -0.15) is 0 Å². The third-order valence-corrected chi connectivity index (χ3v) is 5.82. The summed E-state index contributed by atoms with van der Waals surface area (Å²) in [6.07, 6.45) is 4.32. The maximum Gasteiger partial charge on any atom is 0.225 e. The molecule has 1 aliphatic carbocycles. The molecule has 5 nitrogen and oxygen atoms in total. The van der Waals surface area contributed by atoms with E-state index in [4.69, 9.17) is 0 Å². The van der Waals surface area contributed by atoms with Gasteiger partial charge < -0.3 is 10.2 Å². The zero-order valence-electron chi connectivity index (χ0n) is 13.5. The van der Waals surface area contributed by atoms with Crippen LogP contribution in [-0.2, 0) is 16.0 Å². The number of likely N-dealkylation sites (tertiary alicyclic amines) is 1. The van der Waals surface area contributed by atoms with Gasteiger partial charge in [-0.25, -0.2) is 4.98 Å². The van der Waals surface area contributed by atoms with E-state index >= 15 is 0 Å². The highest BCUT2D eigenvalue weighted by molar-refractivity contribution is 7.18. The fraction of sp³-hybridized carbons (Fsp3) is 0.500. The van der Waals surface area contributed by atoms with Gasteiger partial charge in [-0.1, -0.05) is 12.1 Å². The monoisotopic (exact) mass is 343 g/mol. The molecule has 4 rings (SSSR count). The van der Waals surface area contributed by atoms with Gasteiger partial charge in [0.1, 0.15) is 0 Å². The number of nitrogens with zero attached hydrogens (tertiary/aromatic N) is 2. The van der Waals surface area contributed by atoms with Crippen molar-refractivity contribution >= 4 is 33.4 Å². The van der Waals surface area contributed by atoms with Gasteiger partial charge in [0.25, 0.3) is 0 Å². The number of aromatic nitrogens is 1. The number of rotatable bonds is 6. The molecule has 24 heavy (non-hydrogen) atoms. The van der Waals surface area contributed by atoms with Crippen molar-refractivity contribution in [2.75, 3.05) is 13.1 Å². The molecule has 6 heteroatoms. The minimum Gasteiger partial charge on any atom is -0.356 e. The van der Waals surface area contributed by atoms with Gasteiger partial charge in [0.05, 0.1) is 21.1 Å². The number of hydrogen-bond donors (Lipinski definition) is 1. The van der Waals surface area contributed by atoms with Crippen molar-refractivity contribution < 1.29 is 9.59 Å². The molecule has 0 bridgehead atoms. The average molecular weight is 343 g/mol. The quantitative estimate of drug-likeness (QED) is 0.819. The zero-order chi connectivity index (χ0) is 16.5. The van der Waals surface area contributed by atoms with E-state index in [-0.39, 0.29) is 17.7 Å². The molecule has 2 aromatic rings. The maximum absolute atomic E-state index is 12.2. The Morgan fingerprint density at radius 3 is 2.96 bits per heavy atom. The van der Waals surface area contributed by atoms with E-state index in [1.807, 2.05) is 23.1 Å². The van der Waals surface area contributed by atoms with Crippen LogP contribution in [0, 0.1) is 5.92 Å². The highest BCUT2D eigenvalue weighted by Gasteiger charge is 2.41. The fourth-order valence-corrected chi connectivity index (χ4v) is 4.28. The number of aryl methyl sites for hydroxylation is 1. The average Bonchev–Trinajstić information content (AvgIpc) is 3.22. The van der Waals surface area contributed by atoms with Gasteiger partial charge in [-0.15, -0.1) is 11.3 Å². The molecule has 2 aliphatic rings. The largest absolute Gasteiger partial charge is 0.356 e. The smallest absolute Gasteiger partial charge is 0.225 e. The molecule has 2 fully saturated rings. The molecule has 1 aromatic heterocycles. The van der Waals surface area contributed by atoms with Gasteiger partial charge >= 0.3 is 0 Å². The van der Waals surface area contributed by atoms with Gasteiger partial charge in [-0.3, -0.25) is 9.59 Å². The Balaban J connectivity index is 1.22. The molecule has 126 valence electrons. The number of amides is 2. The standard InChI is InChI=1S/C18H21N3O2S/c22-17-10-12(11-21(17)13-7-8-13)18(23)19-9-3-6-16-20-14-4-1-2-5-15(14)24-16/h1-2,4-5,12-13H,3,6-11H2,(H,19,23)/t12-/m0/s1. The van der Waals surface area contributed by atoms with Gasteiger partial charge in [0, 0.05) is 32.0 Å². The molecule has 0 unspecified atom stereocenters. The Morgan fingerprint density at radius 1 is 1.33 bits per heavy atom. The number of nitrogens with one attached hydrogen (secondary N) is 1. The highest BCUT2D eigenvalue weighted by Crippen LogP contribution is 2.32. The van der Waals surface area contributed by atoms with E-state index in [9.17, 15) is 9.59 Å². The van der Waals surface area contributed by atoms with Crippen LogP contribution in [0.5, 0.6) is 0 Å². The Hall–Kier alpha value is -1.95. The molecule has 1 aromatic carbocycles. The number of carbonyl (C=O) groups is 2. The Morgan fingerprint density at radius 2 is 2.17 bits per heavy atom. The SMILES string of the molecule is O=C(NCCCc1nc2ccccc2s1)[C@H]1CC(=O)N(C2CC2)C1. The first-order chi connectivity index (χ1) is 11.7. The van der Waals surface area contributed by atoms with Crippen molar-refractivity contribution in [1.29, 1.82) is 0 Å². The predicted octanol–water partition coefficient (Wildman–Crippen LogP) is 2.36. The van der Waals surface area contributed by atoms with E-state index < -0.39 is 0 Å². The molecule has 0 spiro atoms. The minimum absolute atomic E-state index is 0.0239. The first-order valence-electron chi connectivity index (χ1n) is 8.62. The molecule has 1 saturated carbocycles. The number of thiazole rings is 1. The van der Waals surface area contributed by atoms with Crippen LogP contribution < -0.4 is 5.32 Å². The summed E-state index contributed by atoms with van der Waals surface area (Å²) in [6.45, 7) is 1.25. The molecule has 2 heterocycles. The molecule has 0 radical (unpaired) electrons. The van der Waals surface area contributed by atoms with Gasteiger partial charge in [0.2, 0.25) is 11.8 Å². The highest BCUT2D eigenvalue weighted by atomic mass is 32.1. The zero-order valence-corrected chi connectivity index (χ0v) is 14.3. The molecule has 1 N–H and O–H groups in total. The summed E-state index contributed by atoms with van der Waals surface area (Å²) in [7, 11) is 0. The Kier molecular flexibility index (Phi) is 4.22. The summed E-state index contributed by atoms with van der Waals surface area (Å²) in [4.78, 5) is 30.6.